The van der Waals surface area contributed by atoms with E-state index in [1.807, 2.05) is 0 Å². The van der Waals surface area contributed by atoms with E-state index < -0.39 is 4.92 Å². The van der Waals surface area contributed by atoms with Crippen LogP contribution in [0.15, 0.2) is 67.3 Å². The van der Waals surface area contributed by atoms with Gasteiger partial charge in [-0.15, -0.1) is 31.4 Å². The molecule has 1 saturated heterocycles. The molecular formula is C28H38Cl2N4O4. The summed E-state index contributed by atoms with van der Waals surface area (Å²) in [6.45, 7) is 7.21. The number of hydrogen-bond donors (Lipinski definition) is 1. The van der Waals surface area contributed by atoms with Crippen molar-refractivity contribution in [1.82, 2.24) is 9.80 Å². The molecule has 2 N–H and O–H groups in total. The molecule has 3 atom stereocenters. The molecule has 208 valence electrons. The Morgan fingerprint density at radius 1 is 1.11 bits per heavy atom. The van der Waals surface area contributed by atoms with Crippen LogP contribution in [0, 0.1) is 16.0 Å². The van der Waals surface area contributed by atoms with Gasteiger partial charge in [-0.1, -0.05) is 36.4 Å². The van der Waals surface area contributed by atoms with Gasteiger partial charge in [0.2, 0.25) is 0 Å². The Morgan fingerprint density at radius 3 is 2.37 bits per heavy atom. The van der Waals surface area contributed by atoms with Gasteiger partial charge in [0, 0.05) is 50.4 Å². The van der Waals surface area contributed by atoms with Crippen LogP contribution in [0.4, 0.5) is 10.5 Å². The van der Waals surface area contributed by atoms with Crippen molar-refractivity contribution < 1.29 is 14.5 Å². The van der Waals surface area contributed by atoms with Gasteiger partial charge in [-0.2, -0.15) is 0 Å². The lowest BCUT2D eigenvalue weighted by molar-refractivity contribution is -0.384. The van der Waals surface area contributed by atoms with E-state index in [-0.39, 0.29) is 55.3 Å². The molecule has 8 nitrogen and oxygen atoms in total. The summed E-state index contributed by atoms with van der Waals surface area (Å²) in [6, 6.07) is 17.1. The third-order valence-electron chi connectivity index (χ3n) is 7.52. The van der Waals surface area contributed by atoms with Crippen LogP contribution in [0.25, 0.3) is 0 Å². The lowest BCUT2D eigenvalue weighted by Crippen LogP contribution is -2.48. The van der Waals surface area contributed by atoms with Crippen molar-refractivity contribution in [3.8, 4) is 0 Å². The van der Waals surface area contributed by atoms with Crippen molar-refractivity contribution in [3.05, 3.63) is 88.5 Å². The van der Waals surface area contributed by atoms with E-state index in [0.29, 0.717) is 23.9 Å². The number of carbonyl (C=O) groups excluding carboxylic acids is 1. The topological polar surface area (TPSA) is 102 Å². The van der Waals surface area contributed by atoms with Gasteiger partial charge in [0.05, 0.1) is 4.92 Å². The Balaban J connectivity index is 0.00000253. The lowest BCUT2D eigenvalue weighted by Gasteiger charge is -2.39. The first-order valence-electron chi connectivity index (χ1n) is 12.7. The van der Waals surface area contributed by atoms with E-state index >= 15 is 0 Å². The van der Waals surface area contributed by atoms with Gasteiger partial charge in [-0.25, -0.2) is 4.79 Å². The molecule has 1 aliphatic carbocycles. The fourth-order valence-electron chi connectivity index (χ4n) is 5.68. The molecule has 4 rings (SSSR count). The highest BCUT2D eigenvalue weighted by atomic mass is 35.5. The van der Waals surface area contributed by atoms with Gasteiger partial charge in [0.1, 0.15) is 6.61 Å². The second-order valence-electron chi connectivity index (χ2n) is 9.96. The number of nitro benzene ring substituents is 1. The summed E-state index contributed by atoms with van der Waals surface area (Å²) >= 11 is 0. The molecule has 0 aromatic heterocycles. The molecule has 38 heavy (non-hydrogen) atoms. The first-order valence-corrected chi connectivity index (χ1v) is 12.7. The molecular weight excluding hydrogens is 527 g/mol. The second kappa shape index (κ2) is 15.1. The lowest BCUT2D eigenvalue weighted by atomic mass is 9.88. The van der Waals surface area contributed by atoms with Gasteiger partial charge in [-0.05, 0) is 60.8 Å². The number of piperidine rings is 1. The third kappa shape index (κ3) is 8.17. The molecule has 2 aromatic carbocycles. The zero-order valence-electron chi connectivity index (χ0n) is 21.5. The van der Waals surface area contributed by atoms with E-state index in [1.165, 1.54) is 17.7 Å². The maximum atomic E-state index is 12.9. The largest absolute Gasteiger partial charge is 0.445 e. The molecule has 0 bridgehead atoms. The Kier molecular flexibility index (Phi) is 12.5. The number of nitro groups is 1. The van der Waals surface area contributed by atoms with E-state index in [4.69, 9.17) is 10.5 Å². The van der Waals surface area contributed by atoms with Crippen LogP contribution in [0.2, 0.25) is 0 Å². The third-order valence-corrected chi connectivity index (χ3v) is 7.52. The van der Waals surface area contributed by atoms with Gasteiger partial charge >= 0.3 is 6.09 Å². The molecule has 2 aliphatic rings. The number of hydrogen-bond acceptors (Lipinski definition) is 6. The zero-order valence-corrected chi connectivity index (χ0v) is 23.2. The number of carbonyl (C=O) groups is 1. The van der Waals surface area contributed by atoms with Gasteiger partial charge in [-0.3, -0.25) is 10.1 Å². The fourth-order valence-corrected chi connectivity index (χ4v) is 5.68. The quantitative estimate of drug-likeness (QED) is 0.243. The van der Waals surface area contributed by atoms with Crippen LogP contribution in [-0.2, 0) is 11.3 Å². The molecule has 0 unspecified atom stereocenters. The number of rotatable bonds is 9. The van der Waals surface area contributed by atoms with E-state index in [0.717, 1.165) is 45.3 Å². The highest BCUT2D eigenvalue weighted by Gasteiger charge is 2.36. The summed E-state index contributed by atoms with van der Waals surface area (Å²) in [5.74, 6) is 1.06. The van der Waals surface area contributed by atoms with Crippen LogP contribution in [-0.4, -0.2) is 59.1 Å². The average molecular weight is 566 g/mol. The first-order chi connectivity index (χ1) is 17.4. The zero-order chi connectivity index (χ0) is 25.5. The van der Waals surface area contributed by atoms with Gasteiger partial charge in [0.25, 0.3) is 5.69 Å². The fraction of sp³-hybridized carbons (Fsp3) is 0.464. The predicted molar refractivity (Wildman–Crippen MR) is 154 cm³/mol. The second-order valence-corrected chi connectivity index (χ2v) is 9.96. The van der Waals surface area contributed by atoms with Crippen molar-refractivity contribution in [2.75, 3.05) is 26.2 Å². The number of likely N-dealkylation sites (tertiary alicyclic amines) is 1. The van der Waals surface area contributed by atoms with Gasteiger partial charge in [0.15, 0.2) is 0 Å². The van der Waals surface area contributed by atoms with Crippen LogP contribution in [0.1, 0.15) is 42.7 Å². The molecule has 2 aromatic rings. The molecule has 0 radical (unpaired) electrons. The number of benzene rings is 2. The number of non-ortho nitro benzene ring substituents is 1. The maximum absolute atomic E-state index is 12.9. The summed E-state index contributed by atoms with van der Waals surface area (Å²) in [5, 5.41) is 10.8. The summed E-state index contributed by atoms with van der Waals surface area (Å²) in [5.41, 5.74) is 8.48. The van der Waals surface area contributed by atoms with Crippen molar-refractivity contribution in [1.29, 1.82) is 0 Å². The molecule has 10 heteroatoms. The summed E-state index contributed by atoms with van der Waals surface area (Å²) < 4.78 is 5.55. The van der Waals surface area contributed by atoms with Crippen molar-refractivity contribution in [3.63, 3.8) is 0 Å². The Hall–Kier alpha value is -2.65. The molecule has 2 fully saturated rings. The molecule has 1 amide bonds. The summed E-state index contributed by atoms with van der Waals surface area (Å²) in [6.07, 6.45) is 5.21. The van der Waals surface area contributed by atoms with Crippen molar-refractivity contribution >= 4 is 36.6 Å². The Bertz CT molecular complexity index is 1030. The summed E-state index contributed by atoms with van der Waals surface area (Å²) in [7, 11) is 0. The molecule has 1 aliphatic heterocycles. The van der Waals surface area contributed by atoms with Crippen LogP contribution in [0.5, 0.6) is 0 Å². The highest BCUT2D eigenvalue weighted by molar-refractivity contribution is 5.85. The smallest absolute Gasteiger partial charge is 0.410 e. The average Bonchev–Trinajstić information content (AvgIpc) is 3.27. The maximum Gasteiger partial charge on any atom is 0.410 e. The SMILES string of the molecule is C=CCN(C(=O)OCc1ccc([N+](=O)[O-])cc1)C1CCN(C[C@H]2C[C@@H](N)C[C@@H]2c2ccccc2)CC1.Cl.Cl. The number of ether oxygens (including phenoxy) is 1. The summed E-state index contributed by atoms with van der Waals surface area (Å²) in [4.78, 5) is 27.5. The number of nitrogens with zero attached hydrogens (tertiary/aromatic N) is 3. The predicted octanol–water partition coefficient (Wildman–Crippen LogP) is 5.55. The highest BCUT2D eigenvalue weighted by Crippen LogP contribution is 2.39. The standard InChI is InChI=1S/C28H36N4O4.2ClH/c1-2-14-31(28(33)36-20-21-8-10-26(11-9-21)32(34)35)25-12-15-30(16-13-25)19-23-17-24(29)18-27(23)22-6-4-3-5-7-22;;/h2-11,23-25,27H,1,12-20,29H2;2*1H/t23-,24-,27-;;/m1../s1. The molecule has 1 saturated carbocycles. The van der Waals surface area contributed by atoms with Crippen LogP contribution >= 0.6 is 24.8 Å². The number of amides is 1. The minimum atomic E-state index is -0.448. The first kappa shape index (κ1) is 31.6. The minimum absolute atomic E-state index is 0. The number of nitrogens with two attached hydrogens (primary N) is 1. The Labute approximate surface area is 237 Å². The van der Waals surface area contributed by atoms with E-state index in [2.05, 4.69) is 41.8 Å². The van der Waals surface area contributed by atoms with E-state index in [9.17, 15) is 14.9 Å². The van der Waals surface area contributed by atoms with Crippen LogP contribution in [0.3, 0.4) is 0 Å². The van der Waals surface area contributed by atoms with Crippen LogP contribution < -0.4 is 5.73 Å². The normalized spacial score (nSPS) is 21.6. The monoisotopic (exact) mass is 564 g/mol. The Morgan fingerprint density at radius 2 is 1.76 bits per heavy atom. The molecule has 1 heterocycles. The van der Waals surface area contributed by atoms with Crippen molar-refractivity contribution in [2.24, 2.45) is 11.7 Å². The van der Waals surface area contributed by atoms with Gasteiger partial charge < -0.3 is 20.3 Å². The van der Waals surface area contributed by atoms with Crippen molar-refractivity contribution in [2.45, 2.75) is 50.3 Å². The number of halogens is 2. The van der Waals surface area contributed by atoms with E-state index in [1.54, 1.807) is 23.1 Å². The molecule has 0 spiro atoms. The minimum Gasteiger partial charge on any atom is -0.445 e.